The maximum Gasteiger partial charge on any atom is 0.274 e. The van der Waals surface area contributed by atoms with Crippen molar-refractivity contribution in [2.24, 2.45) is 0 Å². The third-order valence-corrected chi connectivity index (χ3v) is 3.13. The molecule has 0 radical (unpaired) electrons. The molecule has 17 heavy (non-hydrogen) atoms. The monoisotopic (exact) mass is 255 g/mol. The van der Waals surface area contributed by atoms with E-state index in [1.807, 2.05) is 0 Å². The minimum Gasteiger partial charge on any atom is -0.390 e. The lowest BCUT2D eigenvalue weighted by Gasteiger charge is -2.35. The van der Waals surface area contributed by atoms with Crippen molar-refractivity contribution in [2.75, 3.05) is 13.1 Å². The molecule has 0 aliphatic carbocycles. The van der Waals surface area contributed by atoms with E-state index in [4.69, 9.17) is 11.6 Å². The molecule has 1 amide bonds. The molecule has 0 bridgehead atoms. The van der Waals surface area contributed by atoms with Crippen LogP contribution in [0.2, 0.25) is 5.15 Å². The number of halogens is 1. The second-order valence-corrected chi connectivity index (χ2v) is 4.90. The normalized spacial score (nSPS) is 19.1. The summed E-state index contributed by atoms with van der Waals surface area (Å²) in [4.78, 5) is 21.5. The molecule has 1 aromatic rings. The molecular formula is C11H14ClN3O2. The number of nitrogens with zero attached hydrogens (tertiary/aromatic N) is 3. The van der Waals surface area contributed by atoms with Crippen molar-refractivity contribution in [1.29, 1.82) is 0 Å². The van der Waals surface area contributed by atoms with Gasteiger partial charge in [0, 0.05) is 13.1 Å². The zero-order chi connectivity index (χ0) is 12.5. The van der Waals surface area contributed by atoms with E-state index in [1.54, 1.807) is 11.8 Å². The minimum atomic E-state index is -0.670. The molecule has 0 atom stereocenters. The van der Waals surface area contributed by atoms with Gasteiger partial charge in [-0.05, 0) is 19.8 Å². The second kappa shape index (κ2) is 4.58. The Kier molecular flexibility index (Phi) is 3.31. The van der Waals surface area contributed by atoms with Gasteiger partial charge >= 0.3 is 0 Å². The van der Waals surface area contributed by atoms with Crippen LogP contribution in [-0.2, 0) is 0 Å². The average Bonchev–Trinajstić information content (AvgIpc) is 2.28. The topological polar surface area (TPSA) is 66.3 Å². The molecule has 1 N–H and O–H groups in total. The van der Waals surface area contributed by atoms with Crippen LogP contribution in [0.5, 0.6) is 0 Å². The van der Waals surface area contributed by atoms with Gasteiger partial charge in [-0.15, -0.1) is 0 Å². The Morgan fingerprint density at radius 2 is 2.12 bits per heavy atom. The quantitative estimate of drug-likeness (QED) is 0.817. The SMILES string of the molecule is CC1(O)CCN(C(=O)c2cncc(Cl)n2)CC1. The zero-order valence-corrected chi connectivity index (χ0v) is 10.3. The summed E-state index contributed by atoms with van der Waals surface area (Å²) in [5.41, 5.74) is -0.421. The van der Waals surface area contributed by atoms with Crippen molar-refractivity contribution in [3.8, 4) is 0 Å². The molecule has 0 saturated carbocycles. The molecule has 1 aromatic heterocycles. The highest BCUT2D eigenvalue weighted by Crippen LogP contribution is 2.22. The van der Waals surface area contributed by atoms with Crippen LogP contribution in [-0.4, -0.2) is 44.6 Å². The first-order valence-electron chi connectivity index (χ1n) is 5.47. The first-order chi connectivity index (χ1) is 7.98. The highest BCUT2D eigenvalue weighted by atomic mass is 35.5. The summed E-state index contributed by atoms with van der Waals surface area (Å²) in [6.07, 6.45) is 3.94. The smallest absolute Gasteiger partial charge is 0.274 e. The molecule has 6 heteroatoms. The molecule has 1 saturated heterocycles. The van der Waals surface area contributed by atoms with Gasteiger partial charge in [0.1, 0.15) is 10.8 Å². The Balaban J connectivity index is 2.07. The molecule has 0 aromatic carbocycles. The van der Waals surface area contributed by atoms with Crippen LogP contribution in [0.4, 0.5) is 0 Å². The zero-order valence-electron chi connectivity index (χ0n) is 9.56. The minimum absolute atomic E-state index is 0.185. The van der Waals surface area contributed by atoms with Crippen molar-refractivity contribution in [3.05, 3.63) is 23.2 Å². The number of hydrogen-bond acceptors (Lipinski definition) is 4. The van der Waals surface area contributed by atoms with E-state index in [0.29, 0.717) is 25.9 Å². The summed E-state index contributed by atoms with van der Waals surface area (Å²) in [5, 5.41) is 10.0. The molecule has 92 valence electrons. The number of carbonyl (C=O) groups excluding carboxylic acids is 1. The van der Waals surface area contributed by atoms with Crippen LogP contribution in [0.1, 0.15) is 30.3 Å². The maximum absolute atomic E-state index is 12.0. The predicted octanol–water partition coefficient (Wildman–Crippen LogP) is 1.12. The Hall–Kier alpha value is -1.20. The molecule has 1 fully saturated rings. The Labute approximate surface area is 104 Å². The number of likely N-dealkylation sites (tertiary alicyclic amines) is 1. The van der Waals surface area contributed by atoms with Gasteiger partial charge in [-0.25, -0.2) is 4.98 Å². The summed E-state index contributed by atoms with van der Waals surface area (Å²) >= 11 is 5.69. The van der Waals surface area contributed by atoms with E-state index in [1.165, 1.54) is 12.4 Å². The Morgan fingerprint density at radius 1 is 1.47 bits per heavy atom. The van der Waals surface area contributed by atoms with E-state index in [0.717, 1.165) is 0 Å². The van der Waals surface area contributed by atoms with Gasteiger partial charge in [-0.2, -0.15) is 0 Å². The molecule has 1 aliphatic rings. The standard InChI is InChI=1S/C11H14ClN3O2/c1-11(17)2-4-15(5-3-11)10(16)8-6-13-7-9(12)14-8/h6-7,17H,2-5H2,1H3. The number of hydrogen-bond donors (Lipinski definition) is 1. The first-order valence-corrected chi connectivity index (χ1v) is 5.85. The summed E-state index contributed by atoms with van der Waals surface area (Å²) in [6.45, 7) is 2.84. The van der Waals surface area contributed by atoms with Crippen molar-refractivity contribution in [1.82, 2.24) is 14.9 Å². The van der Waals surface area contributed by atoms with Crippen LogP contribution < -0.4 is 0 Å². The van der Waals surface area contributed by atoms with Gasteiger partial charge in [0.2, 0.25) is 0 Å². The van der Waals surface area contributed by atoms with Gasteiger partial charge in [-0.1, -0.05) is 11.6 Å². The lowest BCUT2D eigenvalue weighted by Crippen LogP contribution is -2.45. The van der Waals surface area contributed by atoms with E-state index in [-0.39, 0.29) is 16.8 Å². The fourth-order valence-corrected chi connectivity index (χ4v) is 1.95. The van der Waals surface area contributed by atoms with Crippen molar-refractivity contribution in [3.63, 3.8) is 0 Å². The number of rotatable bonds is 1. The van der Waals surface area contributed by atoms with Crippen LogP contribution in [0.15, 0.2) is 12.4 Å². The molecule has 2 heterocycles. The van der Waals surface area contributed by atoms with E-state index < -0.39 is 5.60 Å². The van der Waals surface area contributed by atoms with Crippen LogP contribution in [0, 0.1) is 0 Å². The highest BCUT2D eigenvalue weighted by molar-refractivity contribution is 6.29. The van der Waals surface area contributed by atoms with Gasteiger partial charge < -0.3 is 10.0 Å². The fourth-order valence-electron chi connectivity index (χ4n) is 1.80. The summed E-state index contributed by atoms with van der Waals surface area (Å²) < 4.78 is 0. The van der Waals surface area contributed by atoms with Gasteiger partial charge in [0.15, 0.2) is 0 Å². The lowest BCUT2D eigenvalue weighted by atomic mass is 9.94. The van der Waals surface area contributed by atoms with E-state index in [2.05, 4.69) is 9.97 Å². The maximum atomic E-state index is 12.0. The van der Waals surface area contributed by atoms with Gasteiger partial charge in [0.25, 0.3) is 5.91 Å². The Morgan fingerprint density at radius 3 is 2.71 bits per heavy atom. The van der Waals surface area contributed by atoms with Crippen LogP contribution in [0.25, 0.3) is 0 Å². The number of amides is 1. The van der Waals surface area contributed by atoms with Crippen LogP contribution in [0.3, 0.4) is 0 Å². The molecule has 2 rings (SSSR count). The van der Waals surface area contributed by atoms with Crippen molar-refractivity contribution >= 4 is 17.5 Å². The van der Waals surface area contributed by atoms with Gasteiger partial charge in [-0.3, -0.25) is 9.78 Å². The number of carbonyl (C=O) groups is 1. The van der Waals surface area contributed by atoms with E-state index >= 15 is 0 Å². The summed E-state index contributed by atoms with van der Waals surface area (Å²) in [6, 6.07) is 0. The van der Waals surface area contributed by atoms with Gasteiger partial charge in [0.05, 0.1) is 18.0 Å². The van der Waals surface area contributed by atoms with E-state index in [9.17, 15) is 9.90 Å². The molecular weight excluding hydrogens is 242 g/mol. The number of aliphatic hydroxyl groups is 1. The molecule has 1 aliphatic heterocycles. The average molecular weight is 256 g/mol. The lowest BCUT2D eigenvalue weighted by molar-refractivity contribution is -0.00220. The molecule has 0 unspecified atom stereocenters. The molecule has 5 nitrogen and oxygen atoms in total. The first kappa shape index (κ1) is 12.3. The summed E-state index contributed by atoms with van der Waals surface area (Å²) in [5.74, 6) is -0.185. The Bertz CT molecular complexity index is 426. The van der Waals surface area contributed by atoms with Crippen molar-refractivity contribution < 1.29 is 9.90 Å². The highest BCUT2D eigenvalue weighted by Gasteiger charge is 2.30. The third-order valence-electron chi connectivity index (χ3n) is 2.95. The number of piperidine rings is 1. The molecule has 0 spiro atoms. The van der Waals surface area contributed by atoms with Crippen molar-refractivity contribution in [2.45, 2.75) is 25.4 Å². The van der Waals surface area contributed by atoms with Crippen LogP contribution >= 0.6 is 11.6 Å². The number of aromatic nitrogens is 2. The predicted molar refractivity (Wildman–Crippen MR) is 62.8 cm³/mol. The summed E-state index contributed by atoms with van der Waals surface area (Å²) in [7, 11) is 0. The fraction of sp³-hybridized carbons (Fsp3) is 0.545. The largest absolute Gasteiger partial charge is 0.390 e. The second-order valence-electron chi connectivity index (χ2n) is 4.52. The third kappa shape index (κ3) is 2.92.